The van der Waals surface area contributed by atoms with Crippen molar-refractivity contribution in [1.82, 2.24) is 9.88 Å². The van der Waals surface area contributed by atoms with Crippen molar-refractivity contribution in [2.75, 3.05) is 5.32 Å². The molecule has 0 unspecified atom stereocenters. The van der Waals surface area contributed by atoms with Crippen LogP contribution in [0.25, 0.3) is 5.69 Å². The van der Waals surface area contributed by atoms with Crippen LogP contribution in [0.1, 0.15) is 34.6 Å². The molecule has 29 heavy (non-hydrogen) atoms. The van der Waals surface area contributed by atoms with E-state index in [2.05, 4.69) is 10.6 Å². The fraction of sp³-hybridized carbons (Fsp3) is 0.136. The van der Waals surface area contributed by atoms with Gasteiger partial charge in [-0.2, -0.15) is 0 Å². The Morgan fingerprint density at radius 3 is 2.21 bits per heavy atom. The second kappa shape index (κ2) is 8.75. The molecule has 0 aliphatic carbocycles. The number of pyridine rings is 1. The van der Waals surface area contributed by atoms with E-state index in [4.69, 9.17) is 11.6 Å². The summed E-state index contributed by atoms with van der Waals surface area (Å²) in [5.74, 6) is -0.740. The monoisotopic (exact) mass is 409 g/mol. The molecule has 0 aliphatic rings. The van der Waals surface area contributed by atoms with E-state index in [1.54, 1.807) is 60.8 Å². The lowest BCUT2D eigenvalue weighted by atomic mass is 10.2. The predicted octanol–water partition coefficient (Wildman–Crippen LogP) is 3.88. The standard InChI is InChI=1S/C22H20ClN3O3/c1-14(2)24-21(28)18-7-5-13-26(22(18)29)16-11-9-15(10-12-16)25-20(27)17-6-3-4-8-19(17)23/h3-14H,1-2H3,(H,24,28)(H,25,27). The summed E-state index contributed by atoms with van der Waals surface area (Å²) < 4.78 is 1.38. The molecule has 0 radical (unpaired) electrons. The fourth-order valence-electron chi connectivity index (χ4n) is 2.76. The van der Waals surface area contributed by atoms with Crippen molar-refractivity contribution in [2.45, 2.75) is 19.9 Å². The van der Waals surface area contributed by atoms with E-state index in [9.17, 15) is 14.4 Å². The number of nitrogens with one attached hydrogen (secondary N) is 2. The lowest BCUT2D eigenvalue weighted by Gasteiger charge is -2.11. The van der Waals surface area contributed by atoms with Crippen molar-refractivity contribution < 1.29 is 9.59 Å². The van der Waals surface area contributed by atoms with Crippen LogP contribution in [0.5, 0.6) is 0 Å². The van der Waals surface area contributed by atoms with Crippen molar-refractivity contribution in [2.24, 2.45) is 0 Å². The van der Waals surface area contributed by atoms with E-state index >= 15 is 0 Å². The Labute approximate surface area is 173 Å². The van der Waals surface area contributed by atoms with Crippen molar-refractivity contribution in [3.05, 3.63) is 93.4 Å². The molecule has 0 spiro atoms. The van der Waals surface area contributed by atoms with Crippen molar-refractivity contribution in [3.63, 3.8) is 0 Å². The molecule has 1 heterocycles. The first-order valence-corrected chi connectivity index (χ1v) is 9.43. The summed E-state index contributed by atoms with van der Waals surface area (Å²) >= 11 is 6.05. The van der Waals surface area contributed by atoms with Gasteiger partial charge in [0.25, 0.3) is 17.4 Å². The number of carbonyl (C=O) groups is 2. The summed E-state index contributed by atoms with van der Waals surface area (Å²) in [6, 6.07) is 16.6. The molecule has 7 heteroatoms. The van der Waals surface area contributed by atoms with E-state index in [1.165, 1.54) is 10.6 Å². The van der Waals surface area contributed by atoms with Crippen LogP contribution in [-0.4, -0.2) is 22.4 Å². The summed E-state index contributed by atoms with van der Waals surface area (Å²) in [6.07, 6.45) is 1.59. The average molecular weight is 410 g/mol. The van der Waals surface area contributed by atoms with E-state index in [0.29, 0.717) is 22.0 Å². The van der Waals surface area contributed by atoms with E-state index in [0.717, 1.165) is 0 Å². The first-order chi connectivity index (χ1) is 13.9. The Morgan fingerprint density at radius 2 is 1.55 bits per heavy atom. The van der Waals surface area contributed by atoms with Crippen LogP contribution >= 0.6 is 11.6 Å². The maximum absolute atomic E-state index is 12.7. The molecule has 0 saturated heterocycles. The normalized spacial score (nSPS) is 10.6. The minimum absolute atomic E-state index is 0.0669. The largest absolute Gasteiger partial charge is 0.350 e. The van der Waals surface area contributed by atoms with Gasteiger partial charge in [-0.3, -0.25) is 19.0 Å². The molecule has 2 N–H and O–H groups in total. The molecule has 2 aromatic carbocycles. The van der Waals surface area contributed by atoms with Gasteiger partial charge in [-0.05, 0) is 62.4 Å². The number of hydrogen-bond acceptors (Lipinski definition) is 3. The number of hydrogen-bond donors (Lipinski definition) is 2. The highest BCUT2D eigenvalue weighted by atomic mass is 35.5. The summed E-state index contributed by atoms with van der Waals surface area (Å²) in [4.78, 5) is 37.3. The minimum atomic E-state index is -0.418. The fourth-order valence-corrected chi connectivity index (χ4v) is 2.98. The van der Waals surface area contributed by atoms with Crippen LogP contribution < -0.4 is 16.2 Å². The molecule has 0 aliphatic heterocycles. The van der Waals surface area contributed by atoms with Gasteiger partial charge >= 0.3 is 0 Å². The van der Waals surface area contributed by atoms with Crippen LogP contribution in [0.15, 0.2) is 71.7 Å². The number of amides is 2. The zero-order valence-electron chi connectivity index (χ0n) is 16.0. The van der Waals surface area contributed by atoms with Crippen molar-refractivity contribution >= 4 is 29.1 Å². The van der Waals surface area contributed by atoms with Crippen LogP contribution in [0.3, 0.4) is 0 Å². The van der Waals surface area contributed by atoms with E-state index in [-0.39, 0.29) is 17.5 Å². The smallest absolute Gasteiger partial charge is 0.267 e. The third-order valence-corrected chi connectivity index (χ3v) is 4.46. The minimum Gasteiger partial charge on any atom is -0.350 e. The summed E-state index contributed by atoms with van der Waals surface area (Å²) in [5, 5.41) is 5.85. The molecular formula is C22H20ClN3O3. The molecular weight excluding hydrogens is 390 g/mol. The highest BCUT2D eigenvalue weighted by Crippen LogP contribution is 2.18. The zero-order chi connectivity index (χ0) is 21.0. The lowest BCUT2D eigenvalue weighted by Crippen LogP contribution is -2.35. The highest BCUT2D eigenvalue weighted by molar-refractivity contribution is 6.34. The molecule has 6 nitrogen and oxygen atoms in total. The number of benzene rings is 2. The SMILES string of the molecule is CC(C)NC(=O)c1cccn(-c2ccc(NC(=O)c3ccccc3Cl)cc2)c1=O. The van der Waals surface area contributed by atoms with Gasteiger partial charge in [-0.15, -0.1) is 0 Å². The molecule has 0 fully saturated rings. The van der Waals surface area contributed by atoms with Gasteiger partial charge in [0.15, 0.2) is 0 Å². The third-order valence-electron chi connectivity index (χ3n) is 4.13. The highest BCUT2D eigenvalue weighted by Gasteiger charge is 2.14. The Bertz CT molecular complexity index is 1100. The van der Waals surface area contributed by atoms with E-state index in [1.807, 2.05) is 13.8 Å². The zero-order valence-corrected chi connectivity index (χ0v) is 16.7. The van der Waals surface area contributed by atoms with Gasteiger partial charge in [0.2, 0.25) is 0 Å². The Kier molecular flexibility index (Phi) is 6.14. The summed E-state index contributed by atoms with van der Waals surface area (Å²) in [6.45, 7) is 3.66. The second-order valence-electron chi connectivity index (χ2n) is 6.71. The molecule has 0 saturated carbocycles. The van der Waals surface area contributed by atoms with Gasteiger partial charge in [-0.25, -0.2) is 0 Å². The van der Waals surface area contributed by atoms with Crippen LogP contribution in [-0.2, 0) is 0 Å². The quantitative estimate of drug-likeness (QED) is 0.671. The first-order valence-electron chi connectivity index (χ1n) is 9.05. The maximum atomic E-state index is 12.7. The van der Waals surface area contributed by atoms with Crippen molar-refractivity contribution in [1.29, 1.82) is 0 Å². The summed E-state index contributed by atoms with van der Waals surface area (Å²) in [5.41, 5.74) is 1.15. The maximum Gasteiger partial charge on any atom is 0.267 e. The number of carbonyl (C=O) groups excluding carboxylic acids is 2. The van der Waals surface area contributed by atoms with E-state index < -0.39 is 11.5 Å². The van der Waals surface area contributed by atoms with Gasteiger partial charge in [0.1, 0.15) is 5.56 Å². The van der Waals surface area contributed by atoms with Crippen LogP contribution in [0.4, 0.5) is 5.69 Å². The van der Waals surface area contributed by atoms with Gasteiger partial charge in [0, 0.05) is 23.6 Å². The summed E-state index contributed by atoms with van der Waals surface area (Å²) in [7, 11) is 0. The van der Waals surface area contributed by atoms with Gasteiger partial charge in [-0.1, -0.05) is 23.7 Å². The van der Waals surface area contributed by atoms with Crippen LogP contribution in [0.2, 0.25) is 5.02 Å². The molecule has 0 atom stereocenters. The van der Waals surface area contributed by atoms with Gasteiger partial charge < -0.3 is 10.6 Å². The van der Waals surface area contributed by atoms with Crippen LogP contribution in [0, 0.1) is 0 Å². The lowest BCUT2D eigenvalue weighted by molar-refractivity contribution is 0.0940. The number of aromatic nitrogens is 1. The number of nitrogens with zero attached hydrogens (tertiary/aromatic N) is 1. The van der Waals surface area contributed by atoms with Crippen molar-refractivity contribution in [3.8, 4) is 5.69 Å². The molecule has 3 aromatic rings. The molecule has 1 aromatic heterocycles. The number of rotatable bonds is 5. The Morgan fingerprint density at radius 1 is 0.897 bits per heavy atom. The predicted molar refractivity (Wildman–Crippen MR) is 114 cm³/mol. The molecule has 0 bridgehead atoms. The molecule has 2 amide bonds. The Balaban J connectivity index is 1.82. The van der Waals surface area contributed by atoms with Gasteiger partial charge in [0.05, 0.1) is 10.6 Å². The molecule has 148 valence electrons. The molecule has 3 rings (SSSR count). The third kappa shape index (κ3) is 4.73. The first kappa shape index (κ1) is 20.4. The Hall–Kier alpha value is -3.38. The average Bonchev–Trinajstić information content (AvgIpc) is 2.68. The number of anilines is 1. The topological polar surface area (TPSA) is 80.2 Å². The number of halogens is 1. The second-order valence-corrected chi connectivity index (χ2v) is 7.11.